The summed E-state index contributed by atoms with van der Waals surface area (Å²) in [5.41, 5.74) is 2.00. The van der Waals surface area contributed by atoms with Crippen LogP contribution in [0.15, 0.2) is 12.3 Å². The van der Waals surface area contributed by atoms with E-state index in [4.69, 9.17) is 0 Å². The third-order valence-electron chi connectivity index (χ3n) is 2.15. The molecule has 0 aliphatic carbocycles. The quantitative estimate of drug-likeness (QED) is 0.654. The number of aromatic nitrogens is 1. The summed E-state index contributed by atoms with van der Waals surface area (Å²) in [6, 6.07) is 2.32. The Balaban J connectivity index is 3.11. The van der Waals surface area contributed by atoms with E-state index < -0.39 is 0 Å². The molecule has 1 aromatic rings. The molecule has 0 fully saturated rings. The molecule has 0 saturated carbocycles. The minimum Gasteiger partial charge on any atom is -0.342 e. The van der Waals surface area contributed by atoms with Crippen molar-refractivity contribution in [2.45, 2.75) is 40.2 Å². The molecule has 0 saturated heterocycles. The van der Waals surface area contributed by atoms with Gasteiger partial charge in [-0.3, -0.25) is 4.79 Å². The molecule has 0 amide bonds. The van der Waals surface area contributed by atoms with Gasteiger partial charge in [0.1, 0.15) is 0 Å². The van der Waals surface area contributed by atoms with E-state index in [1.54, 1.807) is 0 Å². The van der Waals surface area contributed by atoms with Crippen LogP contribution in [-0.4, -0.2) is 10.4 Å². The zero-order valence-electron chi connectivity index (χ0n) is 8.79. The van der Waals surface area contributed by atoms with Gasteiger partial charge in [-0.2, -0.15) is 0 Å². The van der Waals surface area contributed by atoms with Crippen LogP contribution >= 0.6 is 0 Å². The van der Waals surface area contributed by atoms with E-state index in [1.807, 2.05) is 30.7 Å². The maximum absolute atomic E-state index is 11.5. The van der Waals surface area contributed by atoms with E-state index in [9.17, 15) is 4.79 Å². The first-order chi connectivity index (χ1) is 6.06. The van der Waals surface area contributed by atoms with Gasteiger partial charge < -0.3 is 4.57 Å². The van der Waals surface area contributed by atoms with Crippen LogP contribution in [0.4, 0.5) is 0 Å². The summed E-state index contributed by atoms with van der Waals surface area (Å²) in [6.07, 6.45) is 2.61. The summed E-state index contributed by atoms with van der Waals surface area (Å²) in [4.78, 5) is 11.5. The topological polar surface area (TPSA) is 22.0 Å². The van der Waals surface area contributed by atoms with Crippen LogP contribution in [0.25, 0.3) is 0 Å². The van der Waals surface area contributed by atoms with Crippen molar-refractivity contribution < 1.29 is 4.79 Å². The fraction of sp³-hybridized carbons (Fsp3) is 0.545. The standard InChI is InChI=1S/C11H17NO/c1-5-11(13)10-6-9(4)7-12(10)8(2)3/h6-8H,5H2,1-4H3. The highest BCUT2D eigenvalue weighted by atomic mass is 16.1. The minimum atomic E-state index is 0.224. The fourth-order valence-electron chi connectivity index (χ4n) is 1.45. The smallest absolute Gasteiger partial charge is 0.178 e. The Hall–Kier alpha value is -1.05. The second-order valence-electron chi connectivity index (χ2n) is 3.68. The molecule has 72 valence electrons. The van der Waals surface area contributed by atoms with Gasteiger partial charge >= 0.3 is 0 Å². The Kier molecular flexibility index (Phi) is 2.91. The van der Waals surface area contributed by atoms with Crippen molar-refractivity contribution in [3.63, 3.8) is 0 Å². The number of carbonyl (C=O) groups is 1. The second kappa shape index (κ2) is 3.77. The molecule has 0 spiro atoms. The Morgan fingerprint density at radius 3 is 2.62 bits per heavy atom. The molecule has 1 heterocycles. The van der Waals surface area contributed by atoms with Crippen molar-refractivity contribution in [2.75, 3.05) is 0 Å². The van der Waals surface area contributed by atoms with Crippen LogP contribution < -0.4 is 0 Å². The van der Waals surface area contributed by atoms with Gasteiger partial charge in [-0.1, -0.05) is 6.92 Å². The van der Waals surface area contributed by atoms with Gasteiger partial charge in [0.15, 0.2) is 5.78 Å². The molecule has 1 rings (SSSR count). The van der Waals surface area contributed by atoms with Crippen molar-refractivity contribution in [1.29, 1.82) is 0 Å². The van der Waals surface area contributed by atoms with Crippen molar-refractivity contribution in [3.05, 3.63) is 23.5 Å². The molecular formula is C11H17NO. The lowest BCUT2D eigenvalue weighted by atomic mass is 10.2. The predicted octanol–water partition coefficient (Wildman–Crippen LogP) is 2.97. The number of Topliss-reactive ketones (excluding diaryl/α,β-unsaturated/α-hetero) is 1. The normalized spacial score (nSPS) is 10.8. The third kappa shape index (κ3) is 2.00. The predicted molar refractivity (Wildman–Crippen MR) is 54.2 cm³/mol. The fourth-order valence-corrected chi connectivity index (χ4v) is 1.45. The molecule has 0 aliphatic heterocycles. The van der Waals surface area contributed by atoms with Gasteiger partial charge in [0.2, 0.25) is 0 Å². The van der Waals surface area contributed by atoms with E-state index >= 15 is 0 Å². The van der Waals surface area contributed by atoms with Gasteiger partial charge in [0.25, 0.3) is 0 Å². The third-order valence-corrected chi connectivity index (χ3v) is 2.15. The van der Waals surface area contributed by atoms with E-state index in [0.717, 1.165) is 11.3 Å². The molecule has 0 atom stereocenters. The summed E-state index contributed by atoms with van der Waals surface area (Å²) >= 11 is 0. The van der Waals surface area contributed by atoms with E-state index in [1.165, 1.54) is 0 Å². The number of nitrogens with zero attached hydrogens (tertiary/aromatic N) is 1. The molecule has 0 aliphatic rings. The maximum Gasteiger partial charge on any atom is 0.178 e. The summed E-state index contributed by atoms with van der Waals surface area (Å²) in [5, 5.41) is 0. The number of aryl methyl sites for hydroxylation is 1. The summed E-state index contributed by atoms with van der Waals surface area (Å²) in [7, 11) is 0. The first-order valence-electron chi connectivity index (χ1n) is 4.78. The lowest BCUT2D eigenvalue weighted by Gasteiger charge is -2.10. The zero-order valence-corrected chi connectivity index (χ0v) is 8.79. The van der Waals surface area contributed by atoms with Crippen molar-refractivity contribution in [2.24, 2.45) is 0 Å². The molecule has 2 heteroatoms. The van der Waals surface area contributed by atoms with Gasteiger partial charge in [-0.05, 0) is 32.4 Å². The highest BCUT2D eigenvalue weighted by Crippen LogP contribution is 2.15. The lowest BCUT2D eigenvalue weighted by Crippen LogP contribution is -2.09. The SMILES string of the molecule is CCC(=O)c1cc(C)cn1C(C)C. The van der Waals surface area contributed by atoms with Crippen molar-refractivity contribution >= 4 is 5.78 Å². The van der Waals surface area contributed by atoms with E-state index in [2.05, 4.69) is 13.8 Å². The molecule has 0 bridgehead atoms. The molecular weight excluding hydrogens is 162 g/mol. The van der Waals surface area contributed by atoms with Crippen molar-refractivity contribution in [3.8, 4) is 0 Å². The van der Waals surface area contributed by atoms with Crippen LogP contribution in [-0.2, 0) is 0 Å². The molecule has 0 N–H and O–H groups in total. The number of ketones is 1. The molecule has 0 radical (unpaired) electrons. The Bertz CT molecular complexity index is 310. The Morgan fingerprint density at radius 1 is 1.54 bits per heavy atom. The molecule has 0 aromatic carbocycles. The number of hydrogen-bond donors (Lipinski definition) is 0. The van der Waals surface area contributed by atoms with Gasteiger partial charge in [-0.25, -0.2) is 0 Å². The van der Waals surface area contributed by atoms with E-state index in [0.29, 0.717) is 12.5 Å². The minimum absolute atomic E-state index is 0.224. The number of carbonyl (C=O) groups excluding carboxylic acids is 1. The van der Waals surface area contributed by atoms with Crippen LogP contribution in [0.5, 0.6) is 0 Å². The molecule has 13 heavy (non-hydrogen) atoms. The highest BCUT2D eigenvalue weighted by molar-refractivity contribution is 5.94. The second-order valence-corrected chi connectivity index (χ2v) is 3.68. The van der Waals surface area contributed by atoms with Crippen LogP contribution in [0.3, 0.4) is 0 Å². The first kappa shape index (κ1) is 10.0. The van der Waals surface area contributed by atoms with E-state index in [-0.39, 0.29) is 5.78 Å². The molecule has 0 unspecified atom stereocenters. The van der Waals surface area contributed by atoms with Crippen LogP contribution in [0.2, 0.25) is 0 Å². The molecule has 2 nitrogen and oxygen atoms in total. The van der Waals surface area contributed by atoms with Gasteiger partial charge in [-0.15, -0.1) is 0 Å². The summed E-state index contributed by atoms with van der Waals surface area (Å²) in [5.74, 6) is 0.224. The number of rotatable bonds is 3. The van der Waals surface area contributed by atoms with Gasteiger partial charge in [0.05, 0.1) is 5.69 Å². The van der Waals surface area contributed by atoms with Crippen LogP contribution in [0, 0.1) is 6.92 Å². The molecule has 1 aromatic heterocycles. The van der Waals surface area contributed by atoms with Crippen LogP contribution in [0.1, 0.15) is 49.3 Å². The average Bonchev–Trinajstić information content (AvgIpc) is 2.46. The van der Waals surface area contributed by atoms with Gasteiger partial charge in [0, 0.05) is 18.7 Å². The maximum atomic E-state index is 11.5. The largest absolute Gasteiger partial charge is 0.342 e. The lowest BCUT2D eigenvalue weighted by molar-refractivity contribution is 0.0978. The van der Waals surface area contributed by atoms with Crippen molar-refractivity contribution in [1.82, 2.24) is 4.57 Å². The first-order valence-corrected chi connectivity index (χ1v) is 4.78. The highest BCUT2D eigenvalue weighted by Gasteiger charge is 2.11. The zero-order chi connectivity index (χ0) is 10.0. The summed E-state index contributed by atoms with van der Waals surface area (Å²) in [6.45, 7) is 8.10. The Labute approximate surface area is 79.6 Å². The Morgan fingerprint density at radius 2 is 2.15 bits per heavy atom. The monoisotopic (exact) mass is 179 g/mol. The number of hydrogen-bond acceptors (Lipinski definition) is 1. The summed E-state index contributed by atoms with van der Waals surface area (Å²) < 4.78 is 2.04. The average molecular weight is 179 g/mol.